The van der Waals surface area contributed by atoms with Gasteiger partial charge in [-0.15, -0.1) is 0 Å². The normalized spacial score (nSPS) is 25.2. The van der Waals surface area contributed by atoms with Crippen LogP contribution in [0, 0.1) is 23.1 Å². The summed E-state index contributed by atoms with van der Waals surface area (Å²) in [6, 6.07) is 12.4. The van der Waals surface area contributed by atoms with Crippen molar-refractivity contribution in [3.05, 3.63) is 63.9 Å². The SMILES string of the molecule is CC(C)(C)CC1NCC(c2cccc(Cl)c2F)C1C(=O)Nc1cccc(Cl)c1.CC1CC(NC=O)C1. The average Bonchev–Trinajstić information content (AvgIpc) is 3.17. The van der Waals surface area contributed by atoms with Gasteiger partial charge in [-0.05, 0) is 60.4 Å². The molecule has 1 aliphatic heterocycles. The van der Waals surface area contributed by atoms with Crippen molar-refractivity contribution in [3.63, 3.8) is 0 Å². The molecule has 1 aliphatic carbocycles. The topological polar surface area (TPSA) is 70.2 Å². The number of carbonyl (C=O) groups is 2. The summed E-state index contributed by atoms with van der Waals surface area (Å²) >= 11 is 12.0. The molecule has 3 atom stereocenters. The predicted molar refractivity (Wildman–Crippen MR) is 145 cm³/mol. The molecule has 196 valence electrons. The second-order valence-electron chi connectivity index (χ2n) is 11.1. The van der Waals surface area contributed by atoms with E-state index in [9.17, 15) is 14.0 Å². The van der Waals surface area contributed by atoms with Gasteiger partial charge in [-0.1, -0.05) is 69.1 Å². The Morgan fingerprint density at radius 1 is 1.17 bits per heavy atom. The summed E-state index contributed by atoms with van der Waals surface area (Å²) in [5.41, 5.74) is 1.13. The van der Waals surface area contributed by atoms with E-state index in [1.54, 1.807) is 36.4 Å². The molecule has 5 nitrogen and oxygen atoms in total. The molecule has 3 N–H and O–H groups in total. The summed E-state index contributed by atoms with van der Waals surface area (Å²) < 4.78 is 14.7. The van der Waals surface area contributed by atoms with Crippen molar-refractivity contribution in [1.29, 1.82) is 0 Å². The number of nitrogens with one attached hydrogen (secondary N) is 3. The Morgan fingerprint density at radius 2 is 1.86 bits per heavy atom. The predicted octanol–water partition coefficient (Wildman–Crippen LogP) is 6.41. The molecule has 1 heterocycles. The minimum Gasteiger partial charge on any atom is -0.356 e. The minimum atomic E-state index is -0.451. The third-order valence-corrected chi connectivity index (χ3v) is 7.28. The fourth-order valence-electron chi connectivity index (χ4n) is 5.07. The summed E-state index contributed by atoms with van der Waals surface area (Å²) in [6.45, 7) is 9.12. The first-order valence-corrected chi connectivity index (χ1v) is 13.2. The third kappa shape index (κ3) is 7.67. The van der Waals surface area contributed by atoms with Crippen LogP contribution >= 0.6 is 23.2 Å². The average molecular weight is 537 g/mol. The molecule has 1 saturated carbocycles. The number of benzene rings is 2. The zero-order chi connectivity index (χ0) is 26.5. The van der Waals surface area contributed by atoms with Crippen molar-refractivity contribution in [2.24, 2.45) is 17.3 Å². The van der Waals surface area contributed by atoms with Crippen LogP contribution in [0.5, 0.6) is 0 Å². The van der Waals surface area contributed by atoms with Crippen LogP contribution in [0.1, 0.15) is 58.4 Å². The van der Waals surface area contributed by atoms with Gasteiger partial charge < -0.3 is 16.0 Å². The first kappa shape index (κ1) is 28.4. The Balaban J connectivity index is 0.000000383. The molecule has 0 radical (unpaired) electrons. The zero-order valence-electron chi connectivity index (χ0n) is 21.3. The van der Waals surface area contributed by atoms with Crippen LogP contribution in [0.3, 0.4) is 0 Å². The van der Waals surface area contributed by atoms with E-state index in [2.05, 4.69) is 43.6 Å². The number of carbonyl (C=O) groups excluding carboxylic acids is 2. The van der Waals surface area contributed by atoms with E-state index in [1.807, 2.05) is 0 Å². The highest BCUT2D eigenvalue weighted by molar-refractivity contribution is 6.31. The van der Waals surface area contributed by atoms with Crippen LogP contribution in [0.25, 0.3) is 0 Å². The first-order valence-electron chi connectivity index (χ1n) is 12.4. The van der Waals surface area contributed by atoms with Crippen LogP contribution < -0.4 is 16.0 Å². The lowest BCUT2D eigenvalue weighted by Crippen LogP contribution is -2.39. The van der Waals surface area contributed by atoms with E-state index in [1.165, 1.54) is 18.9 Å². The molecule has 36 heavy (non-hydrogen) atoms. The monoisotopic (exact) mass is 535 g/mol. The van der Waals surface area contributed by atoms with Crippen LogP contribution in [0.2, 0.25) is 10.0 Å². The first-order chi connectivity index (χ1) is 17.0. The van der Waals surface area contributed by atoms with Crippen molar-refractivity contribution in [2.45, 2.75) is 65.0 Å². The molecule has 4 rings (SSSR count). The van der Waals surface area contributed by atoms with Crippen LogP contribution in [0.15, 0.2) is 42.5 Å². The second-order valence-corrected chi connectivity index (χ2v) is 12.0. The lowest BCUT2D eigenvalue weighted by atomic mass is 9.78. The number of rotatable bonds is 6. The van der Waals surface area contributed by atoms with Gasteiger partial charge >= 0.3 is 0 Å². The maximum Gasteiger partial charge on any atom is 0.229 e. The van der Waals surface area contributed by atoms with Crippen molar-refractivity contribution >= 4 is 41.2 Å². The van der Waals surface area contributed by atoms with Gasteiger partial charge in [-0.2, -0.15) is 0 Å². The molecular formula is C28H36Cl2FN3O2. The Kier molecular flexibility index (Phi) is 9.79. The van der Waals surface area contributed by atoms with Gasteiger partial charge in [0.15, 0.2) is 0 Å². The Morgan fingerprint density at radius 3 is 2.47 bits per heavy atom. The van der Waals surface area contributed by atoms with Crippen LogP contribution in [0.4, 0.5) is 10.1 Å². The van der Waals surface area contributed by atoms with Crippen molar-refractivity contribution in [3.8, 4) is 0 Å². The molecule has 2 fully saturated rings. The van der Waals surface area contributed by atoms with E-state index in [0.717, 1.165) is 18.7 Å². The highest BCUT2D eigenvalue weighted by atomic mass is 35.5. The zero-order valence-corrected chi connectivity index (χ0v) is 22.8. The summed E-state index contributed by atoms with van der Waals surface area (Å²) in [6.07, 6.45) is 3.91. The number of hydrogen-bond donors (Lipinski definition) is 3. The molecule has 3 unspecified atom stereocenters. The quantitative estimate of drug-likeness (QED) is 0.374. The van der Waals surface area contributed by atoms with Gasteiger partial charge in [0.05, 0.1) is 10.9 Å². The number of amides is 2. The highest BCUT2D eigenvalue weighted by Gasteiger charge is 2.44. The highest BCUT2D eigenvalue weighted by Crippen LogP contribution is 2.39. The van der Waals surface area contributed by atoms with Gasteiger partial charge in [0.2, 0.25) is 12.3 Å². The Bertz CT molecular complexity index is 1050. The van der Waals surface area contributed by atoms with E-state index >= 15 is 0 Å². The smallest absolute Gasteiger partial charge is 0.229 e. The summed E-state index contributed by atoms with van der Waals surface area (Å²) in [7, 11) is 0. The van der Waals surface area contributed by atoms with Crippen LogP contribution in [-0.2, 0) is 9.59 Å². The van der Waals surface area contributed by atoms with Gasteiger partial charge in [0.25, 0.3) is 0 Å². The van der Waals surface area contributed by atoms with Crippen molar-refractivity contribution in [2.75, 3.05) is 11.9 Å². The number of anilines is 1. The summed E-state index contributed by atoms with van der Waals surface area (Å²) in [4.78, 5) is 23.1. The van der Waals surface area contributed by atoms with E-state index in [4.69, 9.17) is 23.2 Å². The Labute approximate surface area is 223 Å². The fourth-order valence-corrected chi connectivity index (χ4v) is 5.45. The third-order valence-electron chi connectivity index (χ3n) is 6.75. The van der Waals surface area contributed by atoms with Crippen LogP contribution in [-0.4, -0.2) is 30.9 Å². The molecule has 8 heteroatoms. The lowest BCUT2D eigenvalue weighted by Gasteiger charge is -2.31. The molecule has 1 saturated heterocycles. The van der Waals surface area contributed by atoms with Gasteiger partial charge in [0.1, 0.15) is 5.82 Å². The molecular weight excluding hydrogens is 500 g/mol. The Hall–Kier alpha value is -2.15. The van der Waals surface area contributed by atoms with Gasteiger partial charge in [-0.25, -0.2) is 4.39 Å². The molecule has 0 aromatic heterocycles. The maximum absolute atomic E-state index is 14.7. The van der Waals surface area contributed by atoms with Gasteiger partial charge in [-0.3, -0.25) is 9.59 Å². The van der Waals surface area contributed by atoms with Crippen molar-refractivity contribution < 1.29 is 14.0 Å². The maximum atomic E-state index is 14.7. The molecule has 2 aromatic carbocycles. The molecule has 2 aromatic rings. The van der Waals surface area contributed by atoms with Gasteiger partial charge in [0, 0.05) is 35.3 Å². The fraction of sp³-hybridized carbons (Fsp3) is 0.500. The molecule has 2 aliphatic rings. The number of hydrogen-bond acceptors (Lipinski definition) is 3. The summed E-state index contributed by atoms with van der Waals surface area (Å²) in [5, 5.41) is 9.75. The van der Waals surface area contributed by atoms with E-state index < -0.39 is 11.7 Å². The van der Waals surface area contributed by atoms with E-state index in [0.29, 0.717) is 28.9 Å². The largest absolute Gasteiger partial charge is 0.356 e. The van der Waals surface area contributed by atoms with E-state index in [-0.39, 0.29) is 28.3 Å². The molecule has 0 bridgehead atoms. The minimum absolute atomic E-state index is 0.0218. The molecule has 0 spiro atoms. The summed E-state index contributed by atoms with van der Waals surface area (Å²) in [5.74, 6) is -0.498. The standard InChI is InChI=1S/C22H25Cl2FN2O.C6H11NO/c1-22(2,3)11-18-19(21(28)27-14-7-4-6-13(23)10-14)16(12-26-18)15-8-5-9-17(24)20(15)25;1-5-2-6(3-5)7-4-8/h4-10,16,18-19,26H,11-12H2,1-3H3,(H,27,28);4-6H,2-3H2,1H3,(H,7,8). The van der Waals surface area contributed by atoms with Crippen molar-refractivity contribution in [1.82, 2.24) is 10.6 Å². The second kappa shape index (κ2) is 12.4. The lowest BCUT2D eigenvalue weighted by molar-refractivity contribution is -0.120. The molecule has 2 amide bonds. The number of halogens is 3.